The minimum Gasteiger partial charge on any atom is -0.207 e. The maximum Gasteiger partial charge on any atom is 0.222 e. The molecule has 4 heterocycles. The average molecular weight is 611 g/mol. The third-order valence-corrected chi connectivity index (χ3v) is 12.2. The van der Waals surface area contributed by atoms with Crippen molar-refractivity contribution in [2.75, 3.05) is 0 Å². The fourth-order valence-corrected chi connectivity index (χ4v) is 9.70. The Bertz CT molecular complexity index is 2080. The SMILES string of the molecule is CCCCc1cc2c3c4[n+](ccc3c1)C(CC)(CC)CC1(Cc3ccc(C)cc3-c3cc(C)cc[n+]31)c1ccc(F)c(c1-4)C2(C)C. The molecule has 1 aliphatic carbocycles. The number of aryl methyl sites for hydroxylation is 3. The number of hydrogen-bond acceptors (Lipinski definition) is 0. The molecule has 1 spiro atoms. The molecule has 3 aliphatic rings. The van der Waals surface area contributed by atoms with Gasteiger partial charge in [-0.15, -0.1) is 0 Å². The summed E-state index contributed by atoms with van der Waals surface area (Å²) in [7, 11) is 0. The first kappa shape index (κ1) is 29.5. The standard InChI is InChI=1S/C43H47FN2/c1-8-11-12-29-23-30-18-20-46-40-37(30)34(24-29)41(6,7)39-35(44)16-15-33(38(39)40)43(26-42(46,9-2)10-3)25-31-14-13-27(4)21-32(31)36-22-28(5)17-19-45(36)43/h13-24H,8-12,25-26H2,1-7H3/q+2. The average Bonchev–Trinajstić information content (AvgIpc) is 3.14. The Balaban J connectivity index is 1.56. The highest BCUT2D eigenvalue weighted by Gasteiger charge is 2.61. The summed E-state index contributed by atoms with van der Waals surface area (Å²) in [5, 5.41) is 2.60. The second kappa shape index (κ2) is 10.1. The van der Waals surface area contributed by atoms with Gasteiger partial charge in [0.1, 0.15) is 5.82 Å². The van der Waals surface area contributed by atoms with Crippen molar-refractivity contribution < 1.29 is 13.5 Å². The molecule has 0 N–H and O–H groups in total. The molecule has 234 valence electrons. The van der Waals surface area contributed by atoms with E-state index in [0.29, 0.717) is 0 Å². The van der Waals surface area contributed by atoms with Crippen LogP contribution < -0.4 is 9.13 Å². The van der Waals surface area contributed by atoms with Crippen molar-refractivity contribution in [3.8, 4) is 22.5 Å². The number of fused-ring (bicyclic) bond motifs is 5. The van der Waals surface area contributed by atoms with Crippen LogP contribution in [0, 0.1) is 19.7 Å². The highest BCUT2D eigenvalue weighted by Crippen LogP contribution is 2.56. The van der Waals surface area contributed by atoms with Gasteiger partial charge in [0.25, 0.3) is 0 Å². The van der Waals surface area contributed by atoms with Crippen LogP contribution in [0.15, 0.2) is 73.1 Å². The molecule has 3 aromatic carbocycles. The topological polar surface area (TPSA) is 7.76 Å². The van der Waals surface area contributed by atoms with E-state index in [-0.39, 0.29) is 16.9 Å². The van der Waals surface area contributed by atoms with E-state index in [0.717, 1.165) is 56.1 Å². The molecule has 2 aliphatic heterocycles. The summed E-state index contributed by atoms with van der Waals surface area (Å²) in [6, 6.07) is 22.8. The van der Waals surface area contributed by atoms with E-state index in [2.05, 4.69) is 125 Å². The quantitative estimate of drug-likeness (QED) is 0.175. The minimum absolute atomic E-state index is 0.0893. The fourth-order valence-electron chi connectivity index (χ4n) is 9.70. The number of unbranched alkanes of at least 4 members (excludes halogenated alkanes) is 1. The zero-order valence-corrected chi connectivity index (χ0v) is 28.7. The number of hydrogen-bond donors (Lipinski definition) is 0. The van der Waals surface area contributed by atoms with Crippen molar-refractivity contribution in [3.05, 3.63) is 118 Å². The molecule has 1 atom stereocenters. The van der Waals surface area contributed by atoms with E-state index < -0.39 is 5.41 Å². The molecule has 2 aromatic heterocycles. The lowest BCUT2D eigenvalue weighted by molar-refractivity contribution is -0.788. The van der Waals surface area contributed by atoms with Crippen LogP contribution in [0.5, 0.6) is 0 Å². The smallest absolute Gasteiger partial charge is 0.207 e. The second-order valence-corrected chi connectivity index (χ2v) is 15.2. The van der Waals surface area contributed by atoms with Crippen LogP contribution in [0.4, 0.5) is 4.39 Å². The molecule has 2 nitrogen and oxygen atoms in total. The molecule has 0 saturated heterocycles. The predicted octanol–water partition coefficient (Wildman–Crippen LogP) is 9.71. The molecule has 5 aromatic rings. The van der Waals surface area contributed by atoms with E-state index in [1.165, 1.54) is 61.1 Å². The van der Waals surface area contributed by atoms with Crippen molar-refractivity contribution in [2.45, 2.75) is 110 Å². The Hall–Kier alpha value is -3.85. The Morgan fingerprint density at radius 1 is 0.804 bits per heavy atom. The Labute approximate surface area is 273 Å². The van der Waals surface area contributed by atoms with Crippen LogP contribution in [0.1, 0.15) is 106 Å². The maximum absolute atomic E-state index is 16.7. The third kappa shape index (κ3) is 3.81. The van der Waals surface area contributed by atoms with Crippen LogP contribution in [-0.4, -0.2) is 0 Å². The first-order chi connectivity index (χ1) is 22.1. The van der Waals surface area contributed by atoms with Gasteiger partial charge in [0.05, 0.1) is 17.4 Å². The van der Waals surface area contributed by atoms with Gasteiger partial charge < -0.3 is 0 Å². The Morgan fingerprint density at radius 3 is 2.33 bits per heavy atom. The van der Waals surface area contributed by atoms with Gasteiger partial charge in [-0.05, 0) is 72.5 Å². The van der Waals surface area contributed by atoms with Gasteiger partial charge in [-0.2, -0.15) is 9.13 Å². The van der Waals surface area contributed by atoms with Gasteiger partial charge in [0, 0.05) is 59.6 Å². The highest BCUT2D eigenvalue weighted by molar-refractivity contribution is 6.01. The zero-order chi connectivity index (χ0) is 32.2. The van der Waals surface area contributed by atoms with E-state index >= 15 is 4.39 Å². The lowest BCUT2D eigenvalue weighted by Crippen LogP contribution is -2.67. The number of benzene rings is 3. The van der Waals surface area contributed by atoms with E-state index in [9.17, 15) is 0 Å². The summed E-state index contributed by atoms with van der Waals surface area (Å²) in [6.07, 6.45) is 11.9. The van der Waals surface area contributed by atoms with Gasteiger partial charge in [-0.25, -0.2) is 4.39 Å². The normalized spacial score (nSPS) is 19.6. The summed E-state index contributed by atoms with van der Waals surface area (Å²) >= 11 is 0. The summed E-state index contributed by atoms with van der Waals surface area (Å²) in [4.78, 5) is 0. The Morgan fingerprint density at radius 2 is 1.57 bits per heavy atom. The first-order valence-corrected chi connectivity index (χ1v) is 17.6. The van der Waals surface area contributed by atoms with E-state index in [1.54, 1.807) is 6.07 Å². The maximum atomic E-state index is 16.7. The number of pyridine rings is 2. The van der Waals surface area contributed by atoms with E-state index in [1.807, 2.05) is 0 Å². The molecule has 1 unspecified atom stereocenters. The van der Waals surface area contributed by atoms with Crippen molar-refractivity contribution >= 4 is 10.8 Å². The van der Waals surface area contributed by atoms with Gasteiger partial charge in [-0.3, -0.25) is 0 Å². The largest absolute Gasteiger partial charge is 0.222 e. The van der Waals surface area contributed by atoms with Crippen LogP contribution in [-0.2, 0) is 29.3 Å². The zero-order valence-electron chi connectivity index (χ0n) is 28.7. The minimum atomic E-state index is -0.487. The summed E-state index contributed by atoms with van der Waals surface area (Å²) in [5.41, 5.74) is 12.6. The Kier molecular flexibility index (Phi) is 6.47. The van der Waals surface area contributed by atoms with Crippen LogP contribution >= 0.6 is 0 Å². The molecule has 0 bridgehead atoms. The molecule has 8 rings (SSSR count). The van der Waals surface area contributed by atoms with Gasteiger partial charge >= 0.3 is 0 Å². The highest BCUT2D eigenvalue weighted by atomic mass is 19.1. The van der Waals surface area contributed by atoms with Gasteiger partial charge in [-0.1, -0.05) is 70.9 Å². The molecular formula is C43H47FN2+2. The summed E-state index contributed by atoms with van der Waals surface area (Å²) in [6.45, 7) is 15.9. The fraction of sp³-hybridized carbons (Fsp3) is 0.395. The molecule has 0 fully saturated rings. The predicted molar refractivity (Wildman–Crippen MR) is 186 cm³/mol. The van der Waals surface area contributed by atoms with Crippen molar-refractivity contribution in [1.82, 2.24) is 0 Å². The van der Waals surface area contributed by atoms with Crippen LogP contribution in [0.25, 0.3) is 33.3 Å². The number of rotatable bonds is 5. The van der Waals surface area contributed by atoms with Gasteiger partial charge in [0.15, 0.2) is 17.9 Å². The molecule has 46 heavy (non-hydrogen) atoms. The molecule has 0 amide bonds. The van der Waals surface area contributed by atoms with Crippen molar-refractivity contribution in [2.24, 2.45) is 0 Å². The van der Waals surface area contributed by atoms with Crippen molar-refractivity contribution in [3.63, 3.8) is 0 Å². The summed E-state index contributed by atoms with van der Waals surface area (Å²) in [5.74, 6) is -0.0893. The molecule has 3 heteroatoms. The number of nitrogens with zero attached hydrogens (tertiary/aromatic N) is 2. The second-order valence-electron chi connectivity index (χ2n) is 15.2. The third-order valence-electron chi connectivity index (χ3n) is 12.2. The van der Waals surface area contributed by atoms with Crippen LogP contribution in [0.3, 0.4) is 0 Å². The molecule has 0 saturated carbocycles. The lowest BCUT2D eigenvalue weighted by Gasteiger charge is -2.39. The van der Waals surface area contributed by atoms with E-state index in [4.69, 9.17) is 0 Å². The lowest BCUT2D eigenvalue weighted by atomic mass is 9.65. The van der Waals surface area contributed by atoms with Crippen LogP contribution in [0.2, 0.25) is 0 Å². The summed E-state index contributed by atoms with van der Waals surface area (Å²) < 4.78 is 21.9. The van der Waals surface area contributed by atoms with Crippen molar-refractivity contribution in [1.29, 1.82) is 0 Å². The number of aromatic nitrogens is 2. The first-order valence-electron chi connectivity index (χ1n) is 17.6. The number of halogens is 1. The molecular weight excluding hydrogens is 563 g/mol. The monoisotopic (exact) mass is 610 g/mol. The molecule has 0 radical (unpaired) electrons. The van der Waals surface area contributed by atoms with Gasteiger partial charge in [0.2, 0.25) is 16.9 Å².